The van der Waals surface area contributed by atoms with Crippen LogP contribution in [0.2, 0.25) is 0 Å². The van der Waals surface area contributed by atoms with E-state index >= 15 is 0 Å². The highest BCUT2D eigenvalue weighted by atomic mass is 79.9. The van der Waals surface area contributed by atoms with Crippen LogP contribution >= 0.6 is 15.9 Å². The minimum atomic E-state index is -0.237. The number of carbonyl (C=O) groups is 1. The van der Waals surface area contributed by atoms with Gasteiger partial charge >= 0.3 is 0 Å². The molecule has 0 spiro atoms. The summed E-state index contributed by atoms with van der Waals surface area (Å²) < 4.78 is 12.5. The van der Waals surface area contributed by atoms with Crippen molar-refractivity contribution in [3.63, 3.8) is 0 Å². The van der Waals surface area contributed by atoms with Crippen molar-refractivity contribution in [2.75, 3.05) is 13.2 Å². The molecular weight excluding hydrogens is 398 g/mol. The van der Waals surface area contributed by atoms with E-state index in [0.717, 1.165) is 23.4 Å². The van der Waals surface area contributed by atoms with E-state index in [2.05, 4.69) is 51.4 Å². The number of amides is 1. The Kier molecular flexibility index (Phi) is 5.27. The Bertz CT molecular complexity index is 814. The van der Waals surface area contributed by atoms with E-state index in [1.807, 2.05) is 26.0 Å². The smallest absolute Gasteiger partial charge is 0.273 e. The number of carbonyl (C=O) groups excluding carboxylic acids is 1. The summed E-state index contributed by atoms with van der Waals surface area (Å²) in [5.41, 5.74) is 2.21. The first-order valence-corrected chi connectivity index (χ1v) is 9.53. The molecular formula is C19H24BrN3O3. The van der Waals surface area contributed by atoms with Gasteiger partial charge in [0.2, 0.25) is 0 Å². The predicted octanol–water partition coefficient (Wildman–Crippen LogP) is 3.82. The Balaban J connectivity index is 1.54. The van der Waals surface area contributed by atoms with Crippen LogP contribution in [0.3, 0.4) is 0 Å². The molecule has 2 aromatic rings. The number of nitrogens with zero attached hydrogens (tertiary/aromatic N) is 1. The molecule has 1 aromatic heterocycles. The van der Waals surface area contributed by atoms with Crippen molar-refractivity contribution in [2.24, 2.45) is 0 Å². The minimum Gasteiger partial charge on any atom is -0.488 e. The van der Waals surface area contributed by atoms with Crippen LogP contribution in [-0.2, 0) is 6.42 Å². The van der Waals surface area contributed by atoms with Gasteiger partial charge in [0.15, 0.2) is 17.2 Å². The standard InChI is InChI=1S/C19H24BrN3O3/c1-11(2)15-14(20)16(23-22-15)18(24)21-8-9-25-13-7-5-6-12-10-19(3,4)26-17(12)13/h5-7,11H,8-10H2,1-4H3,(H,21,24)(H,22,23). The summed E-state index contributed by atoms with van der Waals surface area (Å²) in [5, 5.41) is 9.82. The lowest BCUT2D eigenvalue weighted by Gasteiger charge is -2.18. The quantitative estimate of drug-likeness (QED) is 0.695. The minimum absolute atomic E-state index is 0.212. The number of fused-ring (bicyclic) bond motifs is 1. The number of rotatable bonds is 6. The summed E-state index contributed by atoms with van der Waals surface area (Å²) in [7, 11) is 0. The van der Waals surface area contributed by atoms with Crippen LogP contribution in [-0.4, -0.2) is 34.9 Å². The zero-order valence-electron chi connectivity index (χ0n) is 15.5. The van der Waals surface area contributed by atoms with Gasteiger partial charge in [0.1, 0.15) is 12.2 Å². The van der Waals surface area contributed by atoms with Crippen molar-refractivity contribution in [3.05, 3.63) is 39.6 Å². The first kappa shape index (κ1) is 18.8. The Morgan fingerprint density at radius 2 is 2.23 bits per heavy atom. The molecule has 2 heterocycles. The molecule has 1 aromatic carbocycles. The largest absolute Gasteiger partial charge is 0.488 e. The lowest BCUT2D eigenvalue weighted by atomic mass is 10.0. The summed E-state index contributed by atoms with van der Waals surface area (Å²) in [4.78, 5) is 12.3. The fourth-order valence-electron chi connectivity index (χ4n) is 2.99. The van der Waals surface area contributed by atoms with E-state index in [9.17, 15) is 4.79 Å². The second-order valence-electron chi connectivity index (χ2n) is 7.34. The third-order valence-corrected chi connectivity index (χ3v) is 5.03. The van der Waals surface area contributed by atoms with Crippen molar-refractivity contribution in [1.82, 2.24) is 15.5 Å². The molecule has 0 radical (unpaired) electrons. The van der Waals surface area contributed by atoms with Crippen molar-refractivity contribution >= 4 is 21.8 Å². The first-order valence-electron chi connectivity index (χ1n) is 8.74. The van der Waals surface area contributed by atoms with E-state index < -0.39 is 0 Å². The number of H-pyrrole nitrogens is 1. The summed E-state index contributed by atoms with van der Waals surface area (Å²) in [5.74, 6) is 1.54. The number of hydrogen-bond acceptors (Lipinski definition) is 4. The second-order valence-corrected chi connectivity index (χ2v) is 8.13. The van der Waals surface area contributed by atoms with Gasteiger partial charge in [-0.3, -0.25) is 9.89 Å². The SMILES string of the molecule is CC(C)c1[nH]nc(C(=O)NCCOc2cccc3c2OC(C)(C)C3)c1Br. The molecule has 0 unspecified atom stereocenters. The van der Waals surface area contributed by atoms with Crippen molar-refractivity contribution < 1.29 is 14.3 Å². The molecule has 1 aliphatic rings. The Labute approximate surface area is 161 Å². The molecule has 0 fully saturated rings. The highest BCUT2D eigenvalue weighted by Gasteiger charge is 2.32. The Morgan fingerprint density at radius 3 is 2.92 bits per heavy atom. The third-order valence-electron chi connectivity index (χ3n) is 4.23. The van der Waals surface area contributed by atoms with Crippen molar-refractivity contribution in [1.29, 1.82) is 0 Å². The highest BCUT2D eigenvalue weighted by Crippen LogP contribution is 2.41. The molecule has 7 heteroatoms. The number of aromatic amines is 1. The monoisotopic (exact) mass is 421 g/mol. The zero-order valence-corrected chi connectivity index (χ0v) is 17.1. The van der Waals surface area contributed by atoms with Crippen LogP contribution in [0, 0.1) is 0 Å². The zero-order chi connectivity index (χ0) is 18.9. The molecule has 0 aliphatic carbocycles. The van der Waals surface area contributed by atoms with Gasteiger partial charge in [0.25, 0.3) is 5.91 Å². The fourth-order valence-corrected chi connectivity index (χ4v) is 3.80. The number of hydrogen-bond donors (Lipinski definition) is 2. The third kappa shape index (κ3) is 3.87. The lowest BCUT2D eigenvalue weighted by molar-refractivity contribution is 0.0940. The molecule has 0 saturated carbocycles. The van der Waals surface area contributed by atoms with Crippen LogP contribution in [0.4, 0.5) is 0 Å². The Hall–Kier alpha value is -2.02. The molecule has 1 aliphatic heterocycles. The Morgan fingerprint density at radius 1 is 1.46 bits per heavy atom. The number of aromatic nitrogens is 2. The molecule has 6 nitrogen and oxygen atoms in total. The van der Waals surface area contributed by atoms with Gasteiger partial charge in [-0.25, -0.2) is 0 Å². The van der Waals surface area contributed by atoms with Crippen molar-refractivity contribution in [3.8, 4) is 11.5 Å². The van der Waals surface area contributed by atoms with Gasteiger partial charge in [-0.05, 0) is 41.8 Å². The van der Waals surface area contributed by atoms with Gasteiger partial charge < -0.3 is 14.8 Å². The maximum atomic E-state index is 12.3. The first-order chi connectivity index (χ1) is 12.3. The van der Waals surface area contributed by atoms with Gasteiger partial charge in [-0.15, -0.1) is 0 Å². The summed E-state index contributed by atoms with van der Waals surface area (Å²) in [6.07, 6.45) is 0.863. The van der Waals surface area contributed by atoms with E-state index in [4.69, 9.17) is 9.47 Å². The number of nitrogens with one attached hydrogen (secondary N) is 2. The maximum absolute atomic E-state index is 12.3. The van der Waals surface area contributed by atoms with Crippen LogP contribution in [0.25, 0.3) is 0 Å². The molecule has 26 heavy (non-hydrogen) atoms. The summed E-state index contributed by atoms with van der Waals surface area (Å²) >= 11 is 3.44. The molecule has 1 amide bonds. The maximum Gasteiger partial charge on any atom is 0.273 e. The molecule has 2 N–H and O–H groups in total. The topological polar surface area (TPSA) is 76.2 Å². The number of halogens is 1. The number of ether oxygens (including phenoxy) is 2. The lowest BCUT2D eigenvalue weighted by Crippen LogP contribution is -2.28. The second kappa shape index (κ2) is 7.31. The summed E-state index contributed by atoms with van der Waals surface area (Å²) in [6, 6.07) is 5.91. The van der Waals surface area contributed by atoms with Gasteiger partial charge in [-0.2, -0.15) is 5.10 Å². The van der Waals surface area contributed by atoms with Gasteiger partial charge in [0, 0.05) is 12.0 Å². The van der Waals surface area contributed by atoms with Crippen LogP contribution in [0.15, 0.2) is 22.7 Å². The fraction of sp³-hybridized carbons (Fsp3) is 0.474. The average molecular weight is 422 g/mol. The van der Waals surface area contributed by atoms with Crippen LogP contribution in [0.1, 0.15) is 55.4 Å². The highest BCUT2D eigenvalue weighted by molar-refractivity contribution is 9.10. The number of benzene rings is 1. The van der Waals surface area contributed by atoms with Crippen LogP contribution in [0.5, 0.6) is 11.5 Å². The summed E-state index contributed by atoms with van der Waals surface area (Å²) in [6.45, 7) is 8.92. The van der Waals surface area contributed by atoms with E-state index in [-0.39, 0.29) is 17.4 Å². The molecule has 0 atom stereocenters. The van der Waals surface area contributed by atoms with E-state index in [1.165, 1.54) is 0 Å². The molecule has 0 saturated heterocycles. The predicted molar refractivity (Wildman–Crippen MR) is 103 cm³/mol. The van der Waals surface area contributed by atoms with Crippen LogP contribution < -0.4 is 14.8 Å². The van der Waals surface area contributed by atoms with Gasteiger partial charge in [0.05, 0.1) is 16.7 Å². The molecule has 140 valence electrons. The number of para-hydroxylation sites is 1. The average Bonchev–Trinajstić information content (AvgIpc) is 3.10. The molecule has 0 bridgehead atoms. The van der Waals surface area contributed by atoms with E-state index in [1.54, 1.807) is 0 Å². The normalized spacial score (nSPS) is 14.8. The van der Waals surface area contributed by atoms with Crippen molar-refractivity contribution in [2.45, 2.75) is 45.6 Å². The van der Waals surface area contributed by atoms with Gasteiger partial charge in [-0.1, -0.05) is 26.0 Å². The van der Waals surface area contributed by atoms with E-state index in [0.29, 0.717) is 29.1 Å². The molecule has 3 rings (SSSR count).